The number of aliphatic hydroxyl groups is 1. The molecule has 2 aromatic carbocycles. The van der Waals surface area contributed by atoms with Crippen LogP contribution in [-0.2, 0) is 19.6 Å². The van der Waals surface area contributed by atoms with Gasteiger partial charge >= 0.3 is 0 Å². The van der Waals surface area contributed by atoms with Gasteiger partial charge in [0.15, 0.2) is 0 Å². The molecule has 0 saturated heterocycles. The van der Waals surface area contributed by atoms with Crippen molar-refractivity contribution in [2.75, 3.05) is 0 Å². The Bertz CT molecular complexity index is 716. The molecule has 0 radical (unpaired) electrons. The molecule has 1 N–H and O–H groups in total. The summed E-state index contributed by atoms with van der Waals surface area (Å²) in [6.07, 6.45) is 0.996. The molecule has 0 fully saturated rings. The van der Waals surface area contributed by atoms with Crippen molar-refractivity contribution in [3.05, 3.63) is 65.5 Å². The summed E-state index contributed by atoms with van der Waals surface area (Å²) in [5.74, 6) is 0.720. The van der Waals surface area contributed by atoms with Gasteiger partial charge in [0.05, 0.1) is 11.0 Å². The number of aromatic nitrogens is 2. The summed E-state index contributed by atoms with van der Waals surface area (Å²) >= 11 is 0. The topological polar surface area (TPSA) is 38.1 Å². The van der Waals surface area contributed by atoms with E-state index in [-0.39, 0.29) is 6.61 Å². The van der Waals surface area contributed by atoms with Gasteiger partial charge in [-0.2, -0.15) is 0 Å². The highest BCUT2D eigenvalue weighted by molar-refractivity contribution is 5.77. The Hall–Kier alpha value is -2.13. The van der Waals surface area contributed by atoms with Gasteiger partial charge in [0.2, 0.25) is 0 Å². The van der Waals surface area contributed by atoms with Crippen molar-refractivity contribution in [1.82, 2.24) is 9.55 Å². The van der Waals surface area contributed by atoms with Gasteiger partial charge in [-0.25, -0.2) is 4.98 Å². The predicted molar refractivity (Wildman–Crippen MR) is 80.6 cm³/mol. The zero-order valence-electron chi connectivity index (χ0n) is 11.6. The number of benzene rings is 2. The largest absolute Gasteiger partial charge is 0.388 e. The molecule has 0 aliphatic carbocycles. The lowest BCUT2D eigenvalue weighted by Crippen LogP contribution is -2.05. The first-order valence-corrected chi connectivity index (χ1v) is 6.94. The first-order chi connectivity index (χ1) is 9.81. The summed E-state index contributed by atoms with van der Waals surface area (Å²) < 4.78 is 2.09. The highest BCUT2D eigenvalue weighted by Gasteiger charge is 2.10. The normalized spacial score (nSPS) is 11.1. The molecule has 0 unspecified atom stereocenters. The van der Waals surface area contributed by atoms with Gasteiger partial charge in [0.1, 0.15) is 12.4 Å². The van der Waals surface area contributed by atoms with Crippen LogP contribution >= 0.6 is 0 Å². The fourth-order valence-electron chi connectivity index (χ4n) is 2.51. The number of aryl methyl sites for hydroxylation is 1. The Labute approximate surface area is 118 Å². The number of rotatable bonds is 4. The Balaban J connectivity index is 2.08. The van der Waals surface area contributed by atoms with Crippen molar-refractivity contribution < 1.29 is 5.11 Å². The molecule has 0 amide bonds. The van der Waals surface area contributed by atoms with Crippen LogP contribution < -0.4 is 0 Å². The first kappa shape index (κ1) is 12.9. The molecule has 3 rings (SSSR count). The smallest absolute Gasteiger partial charge is 0.136 e. The Morgan fingerprint density at radius 2 is 1.85 bits per heavy atom. The van der Waals surface area contributed by atoms with Crippen LogP contribution in [0.5, 0.6) is 0 Å². The minimum absolute atomic E-state index is 0.0387. The van der Waals surface area contributed by atoms with Crippen LogP contribution in [-0.4, -0.2) is 14.7 Å². The molecule has 3 heteroatoms. The lowest BCUT2D eigenvalue weighted by atomic mass is 10.1. The van der Waals surface area contributed by atoms with Crippen LogP contribution in [0.4, 0.5) is 0 Å². The van der Waals surface area contributed by atoms with Gasteiger partial charge in [-0.15, -0.1) is 0 Å². The molecule has 3 nitrogen and oxygen atoms in total. The number of hydrogen-bond donors (Lipinski definition) is 1. The number of fused-ring (bicyclic) bond motifs is 1. The Morgan fingerprint density at radius 3 is 2.55 bits per heavy atom. The van der Waals surface area contributed by atoms with E-state index in [2.05, 4.69) is 46.8 Å². The van der Waals surface area contributed by atoms with Gasteiger partial charge in [-0.1, -0.05) is 43.3 Å². The SMILES string of the molecule is CCc1ccc2c(c1)nc(CO)n2Cc1ccccc1. The molecule has 0 spiro atoms. The van der Waals surface area contributed by atoms with Crippen LogP contribution in [0.15, 0.2) is 48.5 Å². The lowest BCUT2D eigenvalue weighted by Gasteiger charge is -2.08. The summed E-state index contributed by atoms with van der Waals surface area (Å²) in [4.78, 5) is 4.55. The molecule has 20 heavy (non-hydrogen) atoms. The number of hydrogen-bond acceptors (Lipinski definition) is 2. The summed E-state index contributed by atoms with van der Waals surface area (Å²) in [6.45, 7) is 2.83. The van der Waals surface area contributed by atoms with E-state index in [0.29, 0.717) is 0 Å². The Morgan fingerprint density at radius 1 is 1.05 bits per heavy atom. The summed E-state index contributed by atoms with van der Waals surface area (Å²) in [5.41, 5.74) is 4.52. The van der Waals surface area contributed by atoms with Gasteiger partial charge < -0.3 is 9.67 Å². The average Bonchev–Trinajstić information content (AvgIpc) is 2.85. The lowest BCUT2D eigenvalue weighted by molar-refractivity contribution is 0.267. The second-order valence-corrected chi connectivity index (χ2v) is 4.93. The highest BCUT2D eigenvalue weighted by atomic mass is 16.3. The monoisotopic (exact) mass is 266 g/mol. The van der Waals surface area contributed by atoms with E-state index in [1.807, 2.05) is 18.2 Å². The predicted octanol–water partition coefficient (Wildman–Crippen LogP) is 3.14. The van der Waals surface area contributed by atoms with Crippen LogP contribution in [0.1, 0.15) is 23.9 Å². The molecule has 102 valence electrons. The zero-order chi connectivity index (χ0) is 13.9. The summed E-state index contributed by atoms with van der Waals surface area (Å²) in [5, 5.41) is 9.54. The van der Waals surface area contributed by atoms with E-state index >= 15 is 0 Å². The number of aliphatic hydroxyl groups excluding tert-OH is 1. The maximum atomic E-state index is 9.54. The van der Waals surface area contributed by atoms with E-state index < -0.39 is 0 Å². The van der Waals surface area contributed by atoms with Gasteiger partial charge in [0.25, 0.3) is 0 Å². The van der Waals surface area contributed by atoms with Gasteiger partial charge in [0, 0.05) is 6.54 Å². The zero-order valence-corrected chi connectivity index (χ0v) is 11.6. The van der Waals surface area contributed by atoms with Gasteiger partial charge in [-0.3, -0.25) is 0 Å². The van der Waals surface area contributed by atoms with Gasteiger partial charge in [-0.05, 0) is 29.7 Å². The fourth-order valence-corrected chi connectivity index (χ4v) is 2.51. The molecule has 1 heterocycles. The van der Waals surface area contributed by atoms with E-state index in [1.165, 1.54) is 11.1 Å². The first-order valence-electron chi connectivity index (χ1n) is 6.94. The standard InChI is InChI=1S/C17H18N2O/c1-2-13-8-9-16-15(10-13)18-17(12-20)19(16)11-14-6-4-3-5-7-14/h3-10,20H,2,11-12H2,1H3. The van der Waals surface area contributed by atoms with E-state index in [0.717, 1.165) is 29.8 Å². The quantitative estimate of drug-likeness (QED) is 0.787. The molecule has 0 aliphatic rings. The summed E-state index contributed by atoms with van der Waals surface area (Å²) in [6, 6.07) is 16.6. The van der Waals surface area contributed by atoms with Crippen LogP contribution in [0, 0.1) is 0 Å². The summed E-state index contributed by atoms with van der Waals surface area (Å²) in [7, 11) is 0. The molecule has 0 saturated carbocycles. The van der Waals surface area contributed by atoms with Crippen molar-refractivity contribution in [2.45, 2.75) is 26.5 Å². The molecular weight excluding hydrogens is 248 g/mol. The minimum Gasteiger partial charge on any atom is -0.388 e. The van der Waals surface area contributed by atoms with Crippen molar-refractivity contribution >= 4 is 11.0 Å². The molecule has 0 bridgehead atoms. The third-order valence-corrected chi connectivity index (χ3v) is 3.62. The Kier molecular flexibility index (Phi) is 3.52. The molecule has 1 aromatic heterocycles. The molecule has 0 atom stereocenters. The number of nitrogens with zero attached hydrogens (tertiary/aromatic N) is 2. The van der Waals surface area contributed by atoms with Crippen molar-refractivity contribution in [3.8, 4) is 0 Å². The average molecular weight is 266 g/mol. The fraction of sp³-hybridized carbons (Fsp3) is 0.235. The van der Waals surface area contributed by atoms with Crippen molar-refractivity contribution in [1.29, 1.82) is 0 Å². The van der Waals surface area contributed by atoms with Crippen molar-refractivity contribution in [3.63, 3.8) is 0 Å². The van der Waals surface area contributed by atoms with Crippen molar-refractivity contribution in [2.24, 2.45) is 0 Å². The van der Waals surface area contributed by atoms with Crippen LogP contribution in [0.3, 0.4) is 0 Å². The number of imidazole rings is 1. The molecular formula is C17H18N2O. The second-order valence-electron chi connectivity index (χ2n) is 4.93. The third-order valence-electron chi connectivity index (χ3n) is 3.62. The molecule has 0 aliphatic heterocycles. The second kappa shape index (κ2) is 5.47. The van der Waals surface area contributed by atoms with E-state index in [4.69, 9.17) is 0 Å². The highest BCUT2D eigenvalue weighted by Crippen LogP contribution is 2.20. The maximum Gasteiger partial charge on any atom is 0.136 e. The molecule has 3 aromatic rings. The van der Waals surface area contributed by atoms with Crippen LogP contribution in [0.25, 0.3) is 11.0 Å². The minimum atomic E-state index is -0.0387. The van der Waals surface area contributed by atoms with E-state index in [1.54, 1.807) is 0 Å². The van der Waals surface area contributed by atoms with Crippen LogP contribution in [0.2, 0.25) is 0 Å². The third kappa shape index (κ3) is 2.32. The maximum absolute atomic E-state index is 9.54. The van der Waals surface area contributed by atoms with E-state index in [9.17, 15) is 5.11 Å².